The molecule has 2 aromatic carbocycles. The maximum Gasteiger partial charge on any atom is 0.0585 e. The van der Waals surface area contributed by atoms with Crippen molar-refractivity contribution in [2.45, 2.75) is 13.0 Å². The highest BCUT2D eigenvalue weighted by Crippen LogP contribution is 2.30. The summed E-state index contributed by atoms with van der Waals surface area (Å²) < 4.78 is 2.32. The Morgan fingerprint density at radius 1 is 1.21 bits per heavy atom. The van der Waals surface area contributed by atoms with Crippen molar-refractivity contribution in [1.29, 1.82) is 0 Å². The van der Waals surface area contributed by atoms with Gasteiger partial charge in [0, 0.05) is 13.1 Å². The monoisotopic (exact) mass is 449 g/mol. The Morgan fingerprint density at radius 3 is 2.58 bits per heavy atom. The van der Waals surface area contributed by atoms with Gasteiger partial charge < -0.3 is 5.32 Å². The molecule has 1 nitrogen and oxygen atoms in total. The Labute approximate surface area is 141 Å². The summed E-state index contributed by atoms with van der Waals surface area (Å²) in [5.41, 5.74) is 3.52. The van der Waals surface area contributed by atoms with Crippen molar-refractivity contribution in [2.24, 2.45) is 0 Å². The van der Waals surface area contributed by atoms with Gasteiger partial charge in [-0.05, 0) is 77.5 Å². The third-order valence-corrected chi connectivity index (χ3v) is 4.97. The Kier molecular flexibility index (Phi) is 5.29. The van der Waals surface area contributed by atoms with E-state index in [1.54, 1.807) is 0 Å². The highest BCUT2D eigenvalue weighted by molar-refractivity contribution is 14.1. The summed E-state index contributed by atoms with van der Waals surface area (Å²) in [4.78, 5) is 0. The van der Waals surface area contributed by atoms with Crippen LogP contribution in [-0.4, -0.2) is 7.05 Å². The molecule has 0 saturated heterocycles. The second-order valence-corrected chi connectivity index (χ2v) is 6.88. The Balaban J connectivity index is 2.49. The average Bonchev–Trinajstić information content (AvgIpc) is 2.38. The molecule has 2 rings (SSSR count). The van der Waals surface area contributed by atoms with Crippen LogP contribution in [0.3, 0.4) is 0 Å². The fourth-order valence-corrected chi connectivity index (χ4v) is 3.24. The normalized spacial score (nSPS) is 12.5. The third-order valence-electron chi connectivity index (χ3n) is 3.09. The first-order chi connectivity index (χ1) is 9.02. The van der Waals surface area contributed by atoms with Crippen LogP contribution in [0.1, 0.15) is 22.7 Å². The summed E-state index contributed by atoms with van der Waals surface area (Å²) in [6, 6.07) is 12.7. The van der Waals surface area contributed by atoms with Gasteiger partial charge in [-0.15, -0.1) is 0 Å². The minimum absolute atomic E-state index is 0.141. The summed E-state index contributed by atoms with van der Waals surface area (Å²) in [6.07, 6.45) is 0. The fourth-order valence-electron chi connectivity index (χ4n) is 2.03. The highest BCUT2D eigenvalue weighted by atomic mass is 127. The van der Waals surface area contributed by atoms with E-state index in [9.17, 15) is 0 Å². The lowest BCUT2D eigenvalue weighted by Gasteiger charge is -2.20. The molecule has 0 aliphatic heterocycles. The lowest BCUT2D eigenvalue weighted by Crippen LogP contribution is -2.18. The molecule has 0 fully saturated rings. The maximum atomic E-state index is 6.23. The van der Waals surface area contributed by atoms with E-state index in [1.807, 2.05) is 20.0 Å². The second kappa shape index (κ2) is 6.57. The Morgan fingerprint density at radius 2 is 1.95 bits per heavy atom. The number of nitrogens with one attached hydrogen (secondary N) is 1. The zero-order valence-electron chi connectivity index (χ0n) is 10.7. The van der Waals surface area contributed by atoms with Crippen molar-refractivity contribution in [1.82, 2.24) is 5.32 Å². The van der Waals surface area contributed by atoms with E-state index in [1.165, 1.54) is 14.7 Å². The zero-order chi connectivity index (χ0) is 14.0. The molecule has 1 atom stereocenters. The van der Waals surface area contributed by atoms with E-state index < -0.39 is 0 Å². The minimum Gasteiger partial charge on any atom is -0.309 e. The molecule has 19 heavy (non-hydrogen) atoms. The highest BCUT2D eigenvalue weighted by Gasteiger charge is 2.16. The van der Waals surface area contributed by atoms with Crippen LogP contribution in [0, 0.1) is 10.5 Å². The molecule has 2 aromatic rings. The van der Waals surface area contributed by atoms with Gasteiger partial charge in [-0.3, -0.25) is 0 Å². The predicted molar refractivity (Wildman–Crippen MR) is 94.0 cm³/mol. The molecule has 0 spiro atoms. The molecule has 0 aliphatic carbocycles. The molecule has 0 amide bonds. The molecule has 0 aromatic heterocycles. The van der Waals surface area contributed by atoms with E-state index in [4.69, 9.17) is 11.6 Å². The number of rotatable bonds is 3. The van der Waals surface area contributed by atoms with Crippen molar-refractivity contribution >= 4 is 50.1 Å². The molecule has 100 valence electrons. The van der Waals surface area contributed by atoms with E-state index >= 15 is 0 Å². The summed E-state index contributed by atoms with van der Waals surface area (Å²) >= 11 is 12.1. The van der Waals surface area contributed by atoms with Gasteiger partial charge in [-0.25, -0.2) is 0 Å². The molecule has 0 aliphatic rings. The van der Waals surface area contributed by atoms with Gasteiger partial charge in [0.2, 0.25) is 0 Å². The first-order valence-electron chi connectivity index (χ1n) is 5.91. The number of hydrogen-bond acceptors (Lipinski definition) is 1. The predicted octanol–water partition coefficient (Wildman–Crippen LogP) is 5.32. The van der Waals surface area contributed by atoms with E-state index in [-0.39, 0.29) is 6.04 Å². The van der Waals surface area contributed by atoms with Crippen LogP contribution in [0.15, 0.2) is 40.9 Å². The first-order valence-corrected chi connectivity index (χ1v) is 8.16. The fraction of sp³-hybridized carbons (Fsp3) is 0.200. The number of benzene rings is 2. The van der Waals surface area contributed by atoms with Crippen LogP contribution in [-0.2, 0) is 0 Å². The van der Waals surface area contributed by atoms with Gasteiger partial charge in [0.1, 0.15) is 0 Å². The molecule has 0 radical (unpaired) electrons. The Hall–Kier alpha value is -0.100. The van der Waals surface area contributed by atoms with Crippen LogP contribution in [0.5, 0.6) is 0 Å². The quantitative estimate of drug-likeness (QED) is 0.624. The molecular formula is C15H14BrClIN. The van der Waals surface area contributed by atoms with Crippen molar-refractivity contribution in [3.8, 4) is 0 Å². The lowest BCUT2D eigenvalue weighted by atomic mass is 9.98. The molecule has 1 N–H and O–H groups in total. The van der Waals surface area contributed by atoms with E-state index in [0.29, 0.717) is 0 Å². The van der Waals surface area contributed by atoms with Gasteiger partial charge in [-0.1, -0.05) is 39.7 Å². The summed E-state index contributed by atoms with van der Waals surface area (Å²) in [7, 11) is 1.97. The molecule has 1 unspecified atom stereocenters. The van der Waals surface area contributed by atoms with Crippen molar-refractivity contribution in [3.05, 3.63) is 66.2 Å². The standard InChI is InChI=1S/C15H14BrClIN/c1-9-3-4-10(7-13(9)17)15(19-2)12-8-11(16)5-6-14(12)18/h3-8,15,19H,1-2H3. The van der Waals surface area contributed by atoms with Gasteiger partial charge >= 0.3 is 0 Å². The van der Waals surface area contributed by atoms with Crippen LogP contribution in [0.4, 0.5) is 0 Å². The average molecular weight is 451 g/mol. The molecule has 0 bridgehead atoms. The second-order valence-electron chi connectivity index (χ2n) is 4.40. The van der Waals surface area contributed by atoms with Crippen LogP contribution >= 0.6 is 50.1 Å². The van der Waals surface area contributed by atoms with Crippen molar-refractivity contribution in [2.75, 3.05) is 7.05 Å². The number of aryl methyl sites for hydroxylation is 1. The number of halogens is 3. The number of hydrogen-bond donors (Lipinski definition) is 1. The third kappa shape index (κ3) is 3.51. The molecule has 0 saturated carbocycles. The summed E-state index contributed by atoms with van der Waals surface area (Å²) in [6.45, 7) is 2.02. The van der Waals surface area contributed by atoms with Crippen molar-refractivity contribution in [3.63, 3.8) is 0 Å². The first kappa shape index (κ1) is 15.3. The van der Waals surface area contributed by atoms with E-state index in [2.05, 4.69) is 74.2 Å². The lowest BCUT2D eigenvalue weighted by molar-refractivity contribution is 0.688. The van der Waals surface area contributed by atoms with Crippen molar-refractivity contribution < 1.29 is 0 Å². The topological polar surface area (TPSA) is 12.0 Å². The molecule has 4 heteroatoms. The van der Waals surface area contributed by atoms with Gasteiger partial charge in [0.05, 0.1) is 6.04 Å². The molecular weight excluding hydrogens is 436 g/mol. The van der Waals surface area contributed by atoms with Crippen LogP contribution < -0.4 is 5.32 Å². The van der Waals surface area contributed by atoms with Gasteiger partial charge in [0.25, 0.3) is 0 Å². The zero-order valence-corrected chi connectivity index (χ0v) is 15.2. The molecule has 0 heterocycles. The summed E-state index contributed by atoms with van der Waals surface area (Å²) in [5, 5.41) is 4.17. The summed E-state index contributed by atoms with van der Waals surface area (Å²) in [5.74, 6) is 0. The smallest absolute Gasteiger partial charge is 0.0585 e. The van der Waals surface area contributed by atoms with E-state index in [0.717, 1.165) is 15.1 Å². The van der Waals surface area contributed by atoms with Gasteiger partial charge in [0.15, 0.2) is 0 Å². The largest absolute Gasteiger partial charge is 0.309 e. The minimum atomic E-state index is 0.141. The Bertz CT molecular complexity index is 601. The van der Waals surface area contributed by atoms with Crippen LogP contribution in [0.25, 0.3) is 0 Å². The maximum absolute atomic E-state index is 6.23. The van der Waals surface area contributed by atoms with Gasteiger partial charge in [-0.2, -0.15) is 0 Å². The van der Waals surface area contributed by atoms with Crippen LogP contribution in [0.2, 0.25) is 5.02 Å². The SMILES string of the molecule is CNC(c1ccc(C)c(Cl)c1)c1cc(Br)ccc1I.